The van der Waals surface area contributed by atoms with Crippen LogP contribution in [0, 0.1) is 6.92 Å². The highest BCUT2D eigenvalue weighted by molar-refractivity contribution is 5.94. The molecule has 0 unspecified atom stereocenters. The van der Waals surface area contributed by atoms with Crippen LogP contribution in [-0.2, 0) is 0 Å². The highest BCUT2D eigenvalue weighted by Crippen LogP contribution is 2.07. The molecular formula is C14H21NO. The van der Waals surface area contributed by atoms with E-state index < -0.39 is 0 Å². The van der Waals surface area contributed by atoms with Gasteiger partial charge < -0.3 is 4.90 Å². The molecule has 0 aliphatic rings. The summed E-state index contributed by atoms with van der Waals surface area (Å²) in [6.45, 7) is 5.04. The smallest absolute Gasteiger partial charge is 0.253 e. The molecule has 2 nitrogen and oxygen atoms in total. The molecule has 1 aromatic rings. The summed E-state index contributed by atoms with van der Waals surface area (Å²) in [7, 11) is 1.87. The number of nitrogens with zero attached hydrogens (tertiary/aromatic N) is 1. The first-order chi connectivity index (χ1) is 7.65. The van der Waals surface area contributed by atoms with Gasteiger partial charge in [-0.2, -0.15) is 0 Å². The molecular weight excluding hydrogens is 198 g/mol. The van der Waals surface area contributed by atoms with Crippen molar-refractivity contribution in [3.05, 3.63) is 35.4 Å². The summed E-state index contributed by atoms with van der Waals surface area (Å²) >= 11 is 0. The quantitative estimate of drug-likeness (QED) is 0.696. The van der Waals surface area contributed by atoms with Gasteiger partial charge in [0, 0.05) is 19.2 Å². The summed E-state index contributed by atoms with van der Waals surface area (Å²) < 4.78 is 0. The first-order valence-electron chi connectivity index (χ1n) is 5.97. The molecule has 0 heterocycles. The zero-order valence-corrected chi connectivity index (χ0v) is 10.5. The molecule has 88 valence electrons. The highest BCUT2D eigenvalue weighted by Gasteiger charge is 2.10. The average molecular weight is 219 g/mol. The summed E-state index contributed by atoms with van der Waals surface area (Å²) in [6.07, 6.45) is 3.46. The Morgan fingerprint density at radius 1 is 1.19 bits per heavy atom. The molecule has 0 N–H and O–H groups in total. The van der Waals surface area contributed by atoms with Gasteiger partial charge in [-0.15, -0.1) is 0 Å². The lowest BCUT2D eigenvalue weighted by molar-refractivity contribution is 0.0792. The second kappa shape index (κ2) is 6.31. The van der Waals surface area contributed by atoms with Crippen molar-refractivity contribution < 1.29 is 4.79 Å². The van der Waals surface area contributed by atoms with Crippen LogP contribution in [-0.4, -0.2) is 24.4 Å². The lowest BCUT2D eigenvalue weighted by atomic mass is 10.1. The standard InChI is InChI=1S/C14H21NO/c1-4-5-6-11-15(3)14(16)13-9-7-12(2)8-10-13/h7-10H,4-6,11H2,1-3H3. The van der Waals surface area contributed by atoms with Crippen molar-refractivity contribution in [3.8, 4) is 0 Å². The summed E-state index contributed by atoms with van der Waals surface area (Å²) in [6, 6.07) is 7.75. The van der Waals surface area contributed by atoms with Crippen LogP contribution in [0.3, 0.4) is 0 Å². The van der Waals surface area contributed by atoms with Crippen LogP contribution in [0.5, 0.6) is 0 Å². The number of amides is 1. The lowest BCUT2D eigenvalue weighted by Crippen LogP contribution is -2.27. The van der Waals surface area contributed by atoms with Crippen molar-refractivity contribution in [1.82, 2.24) is 4.90 Å². The highest BCUT2D eigenvalue weighted by atomic mass is 16.2. The Bertz CT molecular complexity index is 329. The molecule has 0 aromatic heterocycles. The van der Waals surface area contributed by atoms with Crippen molar-refractivity contribution in [1.29, 1.82) is 0 Å². The molecule has 0 atom stereocenters. The zero-order valence-electron chi connectivity index (χ0n) is 10.5. The van der Waals surface area contributed by atoms with Gasteiger partial charge in [0.1, 0.15) is 0 Å². The van der Waals surface area contributed by atoms with Gasteiger partial charge in [0.2, 0.25) is 0 Å². The fourth-order valence-electron chi connectivity index (χ4n) is 1.62. The van der Waals surface area contributed by atoms with E-state index in [4.69, 9.17) is 0 Å². The molecule has 1 amide bonds. The summed E-state index contributed by atoms with van der Waals surface area (Å²) in [5.74, 6) is 0.121. The molecule has 0 saturated heterocycles. The van der Waals surface area contributed by atoms with Crippen LogP contribution in [0.2, 0.25) is 0 Å². The average Bonchev–Trinajstić information content (AvgIpc) is 2.29. The van der Waals surface area contributed by atoms with Gasteiger partial charge >= 0.3 is 0 Å². The second-order valence-corrected chi connectivity index (χ2v) is 4.30. The molecule has 16 heavy (non-hydrogen) atoms. The van der Waals surface area contributed by atoms with E-state index in [2.05, 4.69) is 6.92 Å². The fourth-order valence-corrected chi connectivity index (χ4v) is 1.62. The molecule has 0 saturated carbocycles. The predicted octanol–water partition coefficient (Wildman–Crippen LogP) is 3.26. The van der Waals surface area contributed by atoms with E-state index in [1.54, 1.807) is 4.90 Å². The van der Waals surface area contributed by atoms with Crippen LogP contribution >= 0.6 is 0 Å². The Hall–Kier alpha value is -1.31. The number of carbonyl (C=O) groups is 1. The second-order valence-electron chi connectivity index (χ2n) is 4.30. The van der Waals surface area contributed by atoms with Crippen LogP contribution < -0.4 is 0 Å². The Morgan fingerprint density at radius 2 is 1.81 bits per heavy atom. The molecule has 1 rings (SSSR count). The number of carbonyl (C=O) groups excluding carboxylic acids is 1. The van der Waals surface area contributed by atoms with E-state index in [9.17, 15) is 4.79 Å². The minimum Gasteiger partial charge on any atom is -0.342 e. The summed E-state index contributed by atoms with van der Waals surface area (Å²) in [5.41, 5.74) is 1.97. The normalized spacial score (nSPS) is 10.2. The van der Waals surface area contributed by atoms with Crippen LogP contribution in [0.15, 0.2) is 24.3 Å². The number of rotatable bonds is 5. The molecule has 0 aliphatic heterocycles. The first kappa shape index (κ1) is 12.8. The monoisotopic (exact) mass is 219 g/mol. The minimum atomic E-state index is 0.121. The van der Waals surface area contributed by atoms with E-state index in [-0.39, 0.29) is 5.91 Å². The van der Waals surface area contributed by atoms with E-state index in [0.717, 1.165) is 18.5 Å². The zero-order chi connectivity index (χ0) is 12.0. The van der Waals surface area contributed by atoms with Gasteiger partial charge in [-0.1, -0.05) is 37.5 Å². The van der Waals surface area contributed by atoms with Crippen molar-refractivity contribution in [2.24, 2.45) is 0 Å². The molecule has 0 radical (unpaired) electrons. The van der Waals surface area contributed by atoms with Crippen LogP contribution in [0.1, 0.15) is 42.1 Å². The molecule has 1 aromatic carbocycles. The third-order valence-electron chi connectivity index (χ3n) is 2.74. The third kappa shape index (κ3) is 3.69. The maximum atomic E-state index is 12.0. The Morgan fingerprint density at radius 3 is 2.38 bits per heavy atom. The molecule has 0 bridgehead atoms. The molecule has 0 aliphatic carbocycles. The fraction of sp³-hybridized carbons (Fsp3) is 0.500. The Labute approximate surface area is 98.3 Å². The minimum absolute atomic E-state index is 0.121. The number of unbranched alkanes of at least 4 members (excludes halogenated alkanes) is 2. The SMILES string of the molecule is CCCCCN(C)C(=O)c1ccc(C)cc1. The first-order valence-corrected chi connectivity index (χ1v) is 5.97. The maximum Gasteiger partial charge on any atom is 0.253 e. The maximum absolute atomic E-state index is 12.0. The van der Waals surface area contributed by atoms with Crippen molar-refractivity contribution in [2.75, 3.05) is 13.6 Å². The van der Waals surface area contributed by atoms with Gasteiger partial charge in [-0.05, 0) is 25.5 Å². The van der Waals surface area contributed by atoms with E-state index in [1.165, 1.54) is 18.4 Å². The molecule has 2 heteroatoms. The molecule has 0 fully saturated rings. The van der Waals surface area contributed by atoms with Gasteiger partial charge in [-0.25, -0.2) is 0 Å². The van der Waals surface area contributed by atoms with E-state index in [1.807, 2.05) is 38.2 Å². The summed E-state index contributed by atoms with van der Waals surface area (Å²) in [5, 5.41) is 0. The van der Waals surface area contributed by atoms with E-state index in [0.29, 0.717) is 0 Å². The van der Waals surface area contributed by atoms with E-state index >= 15 is 0 Å². The Balaban J connectivity index is 2.53. The van der Waals surface area contributed by atoms with Gasteiger partial charge in [0.25, 0.3) is 5.91 Å². The number of hydrogen-bond donors (Lipinski definition) is 0. The largest absolute Gasteiger partial charge is 0.342 e. The predicted molar refractivity (Wildman–Crippen MR) is 67.7 cm³/mol. The Kier molecular flexibility index (Phi) is 5.03. The van der Waals surface area contributed by atoms with Crippen LogP contribution in [0.25, 0.3) is 0 Å². The van der Waals surface area contributed by atoms with Crippen molar-refractivity contribution in [2.45, 2.75) is 33.1 Å². The number of aryl methyl sites for hydroxylation is 1. The van der Waals surface area contributed by atoms with Crippen molar-refractivity contribution in [3.63, 3.8) is 0 Å². The lowest BCUT2D eigenvalue weighted by Gasteiger charge is -2.17. The van der Waals surface area contributed by atoms with Gasteiger partial charge in [0.15, 0.2) is 0 Å². The third-order valence-corrected chi connectivity index (χ3v) is 2.74. The number of hydrogen-bond acceptors (Lipinski definition) is 1. The number of benzene rings is 1. The van der Waals surface area contributed by atoms with Crippen molar-refractivity contribution >= 4 is 5.91 Å². The van der Waals surface area contributed by atoms with Gasteiger partial charge in [0.05, 0.1) is 0 Å². The molecule has 0 spiro atoms. The van der Waals surface area contributed by atoms with Crippen LogP contribution in [0.4, 0.5) is 0 Å². The van der Waals surface area contributed by atoms with Gasteiger partial charge in [-0.3, -0.25) is 4.79 Å². The topological polar surface area (TPSA) is 20.3 Å². The summed E-state index contributed by atoms with van der Waals surface area (Å²) in [4.78, 5) is 13.8.